The number of piperidine rings is 1. The first-order valence-electron chi connectivity index (χ1n) is 6.36. The Balaban J connectivity index is 2.24. The van der Waals surface area contributed by atoms with Gasteiger partial charge in [-0.05, 0) is 26.2 Å². The molecule has 4 nitrogen and oxygen atoms in total. The highest BCUT2D eigenvalue weighted by Gasteiger charge is 2.26. The smallest absolute Gasteiger partial charge is 0.0599 e. The first kappa shape index (κ1) is 13.9. The summed E-state index contributed by atoms with van der Waals surface area (Å²) in [4.78, 5) is 2.48. The van der Waals surface area contributed by atoms with Gasteiger partial charge < -0.3 is 15.2 Å². The molecule has 96 valence electrons. The predicted octanol–water partition coefficient (Wildman–Crippen LogP) is 0.851. The SMILES string of the molecule is CCOCCCN1CCC(OC)CC1CN. The van der Waals surface area contributed by atoms with E-state index in [2.05, 4.69) is 4.90 Å². The number of hydrogen-bond acceptors (Lipinski definition) is 4. The lowest BCUT2D eigenvalue weighted by Crippen LogP contribution is -2.48. The molecule has 0 aromatic heterocycles. The summed E-state index contributed by atoms with van der Waals surface area (Å²) in [6.07, 6.45) is 3.70. The molecule has 0 aromatic carbocycles. The minimum atomic E-state index is 0.400. The minimum Gasteiger partial charge on any atom is -0.382 e. The molecule has 0 bridgehead atoms. The Bertz CT molecular complexity index is 178. The van der Waals surface area contributed by atoms with Crippen molar-refractivity contribution >= 4 is 0 Å². The van der Waals surface area contributed by atoms with Gasteiger partial charge in [-0.3, -0.25) is 4.90 Å². The van der Waals surface area contributed by atoms with E-state index in [-0.39, 0.29) is 0 Å². The second-order valence-electron chi connectivity index (χ2n) is 4.36. The summed E-state index contributed by atoms with van der Waals surface area (Å²) in [6.45, 7) is 6.64. The third kappa shape index (κ3) is 4.37. The first-order valence-corrected chi connectivity index (χ1v) is 6.36. The number of hydrogen-bond donors (Lipinski definition) is 1. The van der Waals surface area contributed by atoms with Gasteiger partial charge in [0.2, 0.25) is 0 Å². The summed E-state index contributed by atoms with van der Waals surface area (Å²) >= 11 is 0. The van der Waals surface area contributed by atoms with E-state index in [1.165, 1.54) is 0 Å². The molecule has 0 spiro atoms. The topological polar surface area (TPSA) is 47.7 Å². The fraction of sp³-hybridized carbons (Fsp3) is 1.00. The van der Waals surface area contributed by atoms with E-state index in [9.17, 15) is 0 Å². The van der Waals surface area contributed by atoms with E-state index in [4.69, 9.17) is 15.2 Å². The lowest BCUT2D eigenvalue weighted by atomic mass is 9.99. The monoisotopic (exact) mass is 230 g/mol. The van der Waals surface area contributed by atoms with E-state index < -0.39 is 0 Å². The van der Waals surface area contributed by atoms with Crippen molar-refractivity contribution in [1.29, 1.82) is 0 Å². The number of nitrogens with zero attached hydrogens (tertiary/aromatic N) is 1. The van der Waals surface area contributed by atoms with Crippen LogP contribution in [0.15, 0.2) is 0 Å². The summed E-state index contributed by atoms with van der Waals surface area (Å²) in [5, 5.41) is 0. The van der Waals surface area contributed by atoms with Crippen LogP contribution in [-0.4, -0.2) is 57.0 Å². The quantitative estimate of drug-likeness (QED) is 0.659. The van der Waals surface area contributed by atoms with Crippen molar-refractivity contribution in [2.45, 2.75) is 38.3 Å². The first-order chi connectivity index (χ1) is 7.81. The van der Waals surface area contributed by atoms with Crippen LogP contribution >= 0.6 is 0 Å². The maximum absolute atomic E-state index is 5.81. The standard InChI is InChI=1S/C12H26N2O2/c1-3-16-8-4-6-14-7-5-12(15-2)9-11(14)10-13/h11-12H,3-10,13H2,1-2H3. The molecule has 1 aliphatic heterocycles. The summed E-state index contributed by atoms with van der Waals surface area (Å²) in [5.41, 5.74) is 5.81. The van der Waals surface area contributed by atoms with Gasteiger partial charge in [0.25, 0.3) is 0 Å². The van der Waals surface area contributed by atoms with Crippen LogP contribution in [0.1, 0.15) is 26.2 Å². The van der Waals surface area contributed by atoms with E-state index in [1.54, 1.807) is 7.11 Å². The molecule has 2 N–H and O–H groups in total. The van der Waals surface area contributed by atoms with Crippen molar-refractivity contribution in [3.05, 3.63) is 0 Å². The second kappa shape index (κ2) is 8.01. The van der Waals surface area contributed by atoms with Gasteiger partial charge in [0.1, 0.15) is 0 Å². The van der Waals surface area contributed by atoms with Crippen molar-refractivity contribution < 1.29 is 9.47 Å². The normalized spacial score (nSPS) is 27.2. The Morgan fingerprint density at radius 2 is 2.25 bits per heavy atom. The molecule has 1 aliphatic rings. The Morgan fingerprint density at radius 3 is 2.88 bits per heavy atom. The Labute approximate surface area is 99.1 Å². The van der Waals surface area contributed by atoms with E-state index >= 15 is 0 Å². The Kier molecular flexibility index (Phi) is 6.96. The van der Waals surface area contributed by atoms with Gasteiger partial charge in [0.15, 0.2) is 0 Å². The van der Waals surface area contributed by atoms with Gasteiger partial charge in [0.05, 0.1) is 6.10 Å². The maximum atomic E-state index is 5.81. The summed E-state index contributed by atoms with van der Waals surface area (Å²) in [7, 11) is 1.79. The van der Waals surface area contributed by atoms with Crippen LogP contribution < -0.4 is 5.73 Å². The number of nitrogens with two attached hydrogens (primary N) is 1. The van der Waals surface area contributed by atoms with Crippen LogP contribution in [0.25, 0.3) is 0 Å². The summed E-state index contributed by atoms with van der Waals surface area (Å²) < 4.78 is 10.8. The third-order valence-electron chi connectivity index (χ3n) is 3.33. The zero-order valence-electron chi connectivity index (χ0n) is 10.7. The molecule has 1 fully saturated rings. The molecule has 0 saturated carbocycles. The number of likely N-dealkylation sites (tertiary alicyclic amines) is 1. The van der Waals surface area contributed by atoms with E-state index in [1.807, 2.05) is 6.92 Å². The minimum absolute atomic E-state index is 0.400. The number of ether oxygens (including phenoxy) is 2. The third-order valence-corrected chi connectivity index (χ3v) is 3.33. The molecule has 1 heterocycles. The van der Waals surface area contributed by atoms with E-state index in [0.717, 1.165) is 52.1 Å². The zero-order valence-corrected chi connectivity index (χ0v) is 10.7. The highest BCUT2D eigenvalue weighted by atomic mass is 16.5. The van der Waals surface area contributed by atoms with Crippen molar-refractivity contribution in [2.75, 3.05) is 40.0 Å². The fourth-order valence-corrected chi connectivity index (χ4v) is 2.33. The lowest BCUT2D eigenvalue weighted by Gasteiger charge is -2.38. The van der Waals surface area contributed by atoms with Crippen LogP contribution in [0.3, 0.4) is 0 Å². The van der Waals surface area contributed by atoms with Crippen molar-refractivity contribution in [1.82, 2.24) is 4.90 Å². The molecule has 2 unspecified atom stereocenters. The molecule has 16 heavy (non-hydrogen) atoms. The summed E-state index contributed by atoms with van der Waals surface area (Å²) in [5.74, 6) is 0. The molecular weight excluding hydrogens is 204 g/mol. The second-order valence-corrected chi connectivity index (χ2v) is 4.36. The molecule has 1 saturated heterocycles. The van der Waals surface area contributed by atoms with Crippen LogP contribution in [0.5, 0.6) is 0 Å². The maximum Gasteiger partial charge on any atom is 0.0599 e. The molecule has 0 amide bonds. The molecule has 0 radical (unpaired) electrons. The number of rotatable bonds is 7. The van der Waals surface area contributed by atoms with Gasteiger partial charge in [-0.1, -0.05) is 0 Å². The largest absolute Gasteiger partial charge is 0.382 e. The van der Waals surface area contributed by atoms with Crippen LogP contribution in [0, 0.1) is 0 Å². The van der Waals surface area contributed by atoms with Gasteiger partial charge in [-0.2, -0.15) is 0 Å². The van der Waals surface area contributed by atoms with Gasteiger partial charge in [0, 0.05) is 46.0 Å². The average molecular weight is 230 g/mol. The highest BCUT2D eigenvalue weighted by molar-refractivity contribution is 4.82. The van der Waals surface area contributed by atoms with Crippen molar-refractivity contribution in [2.24, 2.45) is 5.73 Å². The van der Waals surface area contributed by atoms with Gasteiger partial charge in [-0.15, -0.1) is 0 Å². The zero-order chi connectivity index (χ0) is 11.8. The number of methoxy groups -OCH3 is 1. The molecule has 0 aromatic rings. The molecule has 2 atom stereocenters. The van der Waals surface area contributed by atoms with Crippen molar-refractivity contribution in [3.8, 4) is 0 Å². The van der Waals surface area contributed by atoms with Crippen LogP contribution in [0.4, 0.5) is 0 Å². The average Bonchev–Trinajstić information content (AvgIpc) is 2.34. The lowest BCUT2D eigenvalue weighted by molar-refractivity contribution is 0.00993. The van der Waals surface area contributed by atoms with Gasteiger partial charge in [-0.25, -0.2) is 0 Å². The van der Waals surface area contributed by atoms with Crippen LogP contribution in [0.2, 0.25) is 0 Å². The summed E-state index contributed by atoms with van der Waals surface area (Å²) in [6, 6.07) is 0.486. The highest BCUT2D eigenvalue weighted by Crippen LogP contribution is 2.19. The van der Waals surface area contributed by atoms with Crippen molar-refractivity contribution in [3.63, 3.8) is 0 Å². The Morgan fingerprint density at radius 1 is 1.44 bits per heavy atom. The van der Waals surface area contributed by atoms with Crippen LogP contribution in [-0.2, 0) is 9.47 Å². The van der Waals surface area contributed by atoms with Gasteiger partial charge >= 0.3 is 0 Å². The molecule has 1 rings (SSSR count). The molecule has 4 heteroatoms. The Hall–Kier alpha value is -0.160. The molecular formula is C12H26N2O2. The van der Waals surface area contributed by atoms with E-state index in [0.29, 0.717) is 12.1 Å². The molecule has 0 aliphatic carbocycles. The predicted molar refractivity (Wildman–Crippen MR) is 65.6 cm³/mol. The fourth-order valence-electron chi connectivity index (χ4n) is 2.33.